The van der Waals surface area contributed by atoms with Gasteiger partial charge >= 0.3 is 5.63 Å². The second-order valence-electron chi connectivity index (χ2n) is 7.23. The largest absolute Gasteiger partial charge is 0.422 e. The number of benzene rings is 1. The number of aromatic nitrogens is 3. The van der Waals surface area contributed by atoms with Crippen molar-refractivity contribution in [3.05, 3.63) is 51.1 Å². The molecule has 1 fully saturated rings. The van der Waals surface area contributed by atoms with Gasteiger partial charge in [-0.3, -0.25) is 4.79 Å². The molecule has 1 aliphatic carbocycles. The Hall–Kier alpha value is -2.61. The van der Waals surface area contributed by atoms with E-state index in [1.54, 1.807) is 17.8 Å². The Morgan fingerprint density at radius 2 is 2.11 bits per heavy atom. The molecule has 28 heavy (non-hydrogen) atoms. The van der Waals surface area contributed by atoms with Crippen LogP contribution in [-0.2, 0) is 17.0 Å². The van der Waals surface area contributed by atoms with Crippen molar-refractivity contribution in [1.82, 2.24) is 14.8 Å². The van der Waals surface area contributed by atoms with Crippen LogP contribution in [0.2, 0.25) is 0 Å². The topological polar surface area (TPSA) is 104 Å². The first-order valence-corrected chi connectivity index (χ1v) is 10.3. The Bertz CT molecular complexity index is 1110. The molecular weight excluding hydrogens is 376 g/mol. The van der Waals surface area contributed by atoms with Gasteiger partial charge in [0.05, 0.1) is 0 Å². The number of carbonyl (C=O) groups is 1. The molecule has 146 valence electrons. The van der Waals surface area contributed by atoms with E-state index in [9.17, 15) is 9.59 Å². The summed E-state index contributed by atoms with van der Waals surface area (Å²) in [4.78, 5) is 23.2. The van der Waals surface area contributed by atoms with E-state index in [1.807, 2.05) is 26.0 Å². The van der Waals surface area contributed by atoms with Gasteiger partial charge in [0.15, 0.2) is 5.16 Å². The van der Waals surface area contributed by atoms with E-state index in [0.29, 0.717) is 23.8 Å². The summed E-state index contributed by atoms with van der Waals surface area (Å²) in [5, 5.41) is 10.4. The SMILES string of the molecule is Cc1ccc2c(CSc3nnc(CCC(N)=O)n3C3CC3)cc(=O)oc2c1C. The molecule has 7 nitrogen and oxygen atoms in total. The summed E-state index contributed by atoms with van der Waals surface area (Å²) in [6.45, 7) is 3.97. The fraction of sp³-hybridized carbons (Fsp3) is 0.400. The van der Waals surface area contributed by atoms with Gasteiger partial charge in [0.25, 0.3) is 0 Å². The highest BCUT2D eigenvalue weighted by Crippen LogP contribution is 2.39. The minimum absolute atomic E-state index is 0.262. The van der Waals surface area contributed by atoms with Crippen molar-refractivity contribution < 1.29 is 9.21 Å². The van der Waals surface area contributed by atoms with Crippen LogP contribution >= 0.6 is 11.8 Å². The first kappa shape index (κ1) is 18.7. The molecule has 2 aromatic heterocycles. The molecule has 0 saturated heterocycles. The van der Waals surface area contributed by atoms with Gasteiger partial charge in [-0.2, -0.15) is 0 Å². The zero-order valence-electron chi connectivity index (χ0n) is 15.9. The third-order valence-corrected chi connectivity index (χ3v) is 6.11. The van der Waals surface area contributed by atoms with Crippen molar-refractivity contribution in [3.8, 4) is 0 Å². The van der Waals surface area contributed by atoms with Crippen molar-refractivity contribution in [1.29, 1.82) is 0 Å². The molecule has 8 heteroatoms. The van der Waals surface area contributed by atoms with Crippen LogP contribution in [0.25, 0.3) is 11.0 Å². The standard InChI is InChI=1S/C20H22N4O3S/c1-11-3-6-15-13(9-18(26)27-19(15)12(11)2)10-28-20-23-22-17(8-7-16(21)25)24(20)14-4-5-14/h3,6,9,14H,4-5,7-8,10H2,1-2H3,(H2,21,25). The van der Waals surface area contributed by atoms with Crippen LogP contribution in [0.3, 0.4) is 0 Å². The average molecular weight is 398 g/mol. The van der Waals surface area contributed by atoms with E-state index in [2.05, 4.69) is 14.8 Å². The number of primary amides is 1. The lowest BCUT2D eigenvalue weighted by molar-refractivity contribution is -0.118. The predicted octanol–water partition coefficient (Wildman–Crippen LogP) is 3.05. The number of fused-ring (bicyclic) bond motifs is 1. The number of carbonyl (C=O) groups excluding carboxylic acids is 1. The van der Waals surface area contributed by atoms with Gasteiger partial charge in [-0.15, -0.1) is 10.2 Å². The summed E-state index contributed by atoms with van der Waals surface area (Å²) in [6.07, 6.45) is 2.94. The summed E-state index contributed by atoms with van der Waals surface area (Å²) in [5.41, 5.74) is 8.57. The predicted molar refractivity (Wildman–Crippen MR) is 107 cm³/mol. The van der Waals surface area contributed by atoms with Crippen LogP contribution < -0.4 is 11.4 Å². The smallest absolute Gasteiger partial charge is 0.336 e. The van der Waals surface area contributed by atoms with Gasteiger partial charge in [-0.25, -0.2) is 4.79 Å². The first-order chi connectivity index (χ1) is 13.4. The van der Waals surface area contributed by atoms with Crippen molar-refractivity contribution >= 4 is 28.6 Å². The van der Waals surface area contributed by atoms with Crippen molar-refractivity contribution in [2.75, 3.05) is 0 Å². The Labute approximate surface area is 166 Å². The number of rotatable bonds is 7. The average Bonchev–Trinajstić information content (AvgIpc) is 3.41. The number of thioether (sulfide) groups is 1. The Kier molecular flexibility index (Phi) is 4.97. The summed E-state index contributed by atoms with van der Waals surface area (Å²) in [5.74, 6) is 1.05. The lowest BCUT2D eigenvalue weighted by Gasteiger charge is -2.10. The van der Waals surface area contributed by atoms with Crippen LogP contribution in [0, 0.1) is 13.8 Å². The normalized spacial score (nSPS) is 13.9. The van der Waals surface area contributed by atoms with Gasteiger partial charge in [-0.05, 0) is 43.4 Å². The zero-order valence-corrected chi connectivity index (χ0v) is 16.7. The molecule has 0 spiro atoms. The molecule has 2 heterocycles. The molecule has 0 radical (unpaired) electrons. The molecular formula is C20H22N4O3S. The highest BCUT2D eigenvalue weighted by atomic mass is 32.2. The molecule has 1 aliphatic rings. The summed E-state index contributed by atoms with van der Waals surface area (Å²) in [6, 6.07) is 5.99. The fourth-order valence-corrected chi connectivity index (χ4v) is 4.31. The molecule has 4 rings (SSSR count). The van der Waals surface area contributed by atoms with Crippen LogP contribution in [0.5, 0.6) is 0 Å². The highest BCUT2D eigenvalue weighted by Gasteiger charge is 2.29. The molecule has 0 bridgehead atoms. The van der Waals surface area contributed by atoms with E-state index >= 15 is 0 Å². The Morgan fingerprint density at radius 1 is 1.32 bits per heavy atom. The van der Waals surface area contributed by atoms with E-state index in [0.717, 1.165) is 45.9 Å². The maximum Gasteiger partial charge on any atom is 0.336 e. The highest BCUT2D eigenvalue weighted by molar-refractivity contribution is 7.98. The molecule has 2 N–H and O–H groups in total. The van der Waals surface area contributed by atoms with E-state index in [1.165, 1.54) is 0 Å². The van der Waals surface area contributed by atoms with Gasteiger partial charge < -0.3 is 14.7 Å². The van der Waals surface area contributed by atoms with Crippen LogP contribution in [-0.4, -0.2) is 20.7 Å². The monoisotopic (exact) mass is 398 g/mol. The zero-order chi connectivity index (χ0) is 19.8. The van der Waals surface area contributed by atoms with E-state index in [-0.39, 0.29) is 18.0 Å². The second kappa shape index (κ2) is 7.43. The molecule has 0 unspecified atom stereocenters. The summed E-state index contributed by atoms with van der Waals surface area (Å²) >= 11 is 1.55. The summed E-state index contributed by atoms with van der Waals surface area (Å²) in [7, 11) is 0. The Balaban J connectivity index is 1.63. The quantitative estimate of drug-likeness (QED) is 0.484. The van der Waals surface area contributed by atoms with Crippen molar-refractivity contribution in [2.45, 2.75) is 56.5 Å². The number of hydrogen-bond acceptors (Lipinski definition) is 6. The second-order valence-corrected chi connectivity index (χ2v) is 8.17. The number of amides is 1. The molecule has 1 amide bonds. The van der Waals surface area contributed by atoms with Gasteiger partial charge in [-0.1, -0.05) is 23.9 Å². The van der Waals surface area contributed by atoms with Crippen molar-refractivity contribution in [2.24, 2.45) is 5.73 Å². The lowest BCUT2D eigenvalue weighted by atomic mass is 10.0. The maximum absolute atomic E-state index is 12.1. The third kappa shape index (κ3) is 3.69. The minimum Gasteiger partial charge on any atom is -0.422 e. The molecule has 0 atom stereocenters. The van der Waals surface area contributed by atoms with Crippen LogP contribution in [0.15, 0.2) is 32.6 Å². The van der Waals surface area contributed by atoms with Gasteiger partial charge in [0.1, 0.15) is 11.4 Å². The Morgan fingerprint density at radius 3 is 2.82 bits per heavy atom. The first-order valence-electron chi connectivity index (χ1n) is 9.32. The van der Waals surface area contributed by atoms with E-state index < -0.39 is 0 Å². The van der Waals surface area contributed by atoms with Crippen LogP contribution in [0.1, 0.15) is 47.8 Å². The lowest BCUT2D eigenvalue weighted by Crippen LogP contribution is -2.13. The minimum atomic E-state index is -0.345. The number of hydrogen-bond donors (Lipinski definition) is 1. The molecule has 1 aromatic carbocycles. The number of nitrogens with two attached hydrogens (primary N) is 1. The number of nitrogens with zero attached hydrogens (tertiary/aromatic N) is 3. The molecule has 0 aliphatic heterocycles. The van der Waals surface area contributed by atoms with Crippen molar-refractivity contribution in [3.63, 3.8) is 0 Å². The number of aryl methyl sites for hydroxylation is 3. The van der Waals surface area contributed by atoms with Gasteiger partial charge in [0, 0.05) is 36.1 Å². The maximum atomic E-state index is 12.1. The molecule has 3 aromatic rings. The van der Waals surface area contributed by atoms with Gasteiger partial charge in [0.2, 0.25) is 5.91 Å². The fourth-order valence-electron chi connectivity index (χ4n) is 3.30. The summed E-state index contributed by atoms with van der Waals surface area (Å²) < 4.78 is 7.58. The molecule has 1 saturated carbocycles. The third-order valence-electron chi connectivity index (χ3n) is 5.12. The van der Waals surface area contributed by atoms with E-state index in [4.69, 9.17) is 10.2 Å². The van der Waals surface area contributed by atoms with Crippen LogP contribution in [0.4, 0.5) is 0 Å².